The second-order valence-corrected chi connectivity index (χ2v) is 4.59. The fourth-order valence-electron chi connectivity index (χ4n) is 2.06. The van der Waals surface area contributed by atoms with Crippen molar-refractivity contribution in [2.45, 2.75) is 0 Å². The van der Waals surface area contributed by atoms with Crippen LogP contribution in [0.3, 0.4) is 0 Å². The van der Waals surface area contributed by atoms with Crippen molar-refractivity contribution in [3.05, 3.63) is 63.7 Å². The molecule has 0 spiro atoms. The summed E-state index contributed by atoms with van der Waals surface area (Å²) in [5.41, 5.74) is 1.39. The Balaban J connectivity index is 2.49. The lowest BCUT2D eigenvalue weighted by Crippen LogP contribution is -1.92. The third kappa shape index (κ3) is 3.66. The molecule has 0 aliphatic heterocycles. The number of methoxy groups -OCH3 is 2. The third-order valence-corrected chi connectivity index (χ3v) is 3.23. The Bertz CT molecular complexity index is 806. The van der Waals surface area contributed by atoms with Crippen LogP contribution in [0.5, 0.6) is 11.5 Å². The summed E-state index contributed by atoms with van der Waals surface area (Å²) in [6.07, 6.45) is 1.62. The van der Waals surface area contributed by atoms with E-state index in [2.05, 4.69) is 6.07 Å². The van der Waals surface area contributed by atoms with Crippen LogP contribution in [0.2, 0.25) is 0 Å². The molecule has 0 aromatic heterocycles. The number of nitro benzene ring substituents is 1. The first-order valence-corrected chi connectivity index (χ1v) is 6.67. The maximum absolute atomic E-state index is 10.9. The molecular formula is C17H14N2O4. The highest BCUT2D eigenvalue weighted by atomic mass is 16.6. The summed E-state index contributed by atoms with van der Waals surface area (Å²) in [5, 5.41) is 20.2. The Hall–Kier alpha value is -3.33. The SMILES string of the molecule is COc1ccc(C=C(C#N)c2cccc([N+](=O)[O-])c2)c(OC)c1. The first-order valence-electron chi connectivity index (χ1n) is 6.67. The normalized spacial score (nSPS) is 10.7. The van der Waals surface area contributed by atoms with Crippen LogP contribution < -0.4 is 9.47 Å². The molecule has 23 heavy (non-hydrogen) atoms. The topological polar surface area (TPSA) is 85.4 Å². The molecule has 0 atom stereocenters. The summed E-state index contributed by atoms with van der Waals surface area (Å²) in [6, 6.07) is 13.2. The Labute approximate surface area is 133 Å². The number of hydrogen-bond donors (Lipinski definition) is 0. The molecule has 0 unspecified atom stereocenters. The standard InChI is InChI=1S/C17H14N2O4/c1-22-16-7-6-13(17(10-16)23-2)8-14(11-18)12-4-3-5-15(9-12)19(20)21/h3-10H,1-2H3. The van der Waals surface area contributed by atoms with Crippen molar-refractivity contribution in [1.82, 2.24) is 0 Å². The Morgan fingerprint density at radius 3 is 2.61 bits per heavy atom. The van der Waals surface area contributed by atoms with Gasteiger partial charge in [0, 0.05) is 23.8 Å². The van der Waals surface area contributed by atoms with E-state index < -0.39 is 4.92 Å². The van der Waals surface area contributed by atoms with Crippen molar-refractivity contribution in [2.24, 2.45) is 0 Å². The minimum atomic E-state index is -0.494. The molecule has 0 aliphatic rings. The highest BCUT2D eigenvalue weighted by Crippen LogP contribution is 2.29. The highest BCUT2D eigenvalue weighted by Gasteiger charge is 2.10. The molecule has 2 aromatic carbocycles. The fraction of sp³-hybridized carbons (Fsp3) is 0.118. The van der Waals surface area contributed by atoms with Gasteiger partial charge in [0.15, 0.2) is 0 Å². The fourth-order valence-corrected chi connectivity index (χ4v) is 2.06. The molecule has 0 fully saturated rings. The zero-order valence-corrected chi connectivity index (χ0v) is 12.6. The molecule has 0 heterocycles. The van der Waals surface area contributed by atoms with Crippen LogP contribution in [0.1, 0.15) is 11.1 Å². The van der Waals surface area contributed by atoms with Crippen LogP contribution in [0.4, 0.5) is 5.69 Å². The zero-order chi connectivity index (χ0) is 16.8. The Kier molecular flexibility index (Phi) is 4.95. The van der Waals surface area contributed by atoms with Gasteiger partial charge in [-0.15, -0.1) is 0 Å². The predicted octanol–water partition coefficient (Wildman–Crippen LogP) is 3.68. The van der Waals surface area contributed by atoms with Crippen LogP contribution >= 0.6 is 0 Å². The molecule has 0 saturated carbocycles. The van der Waals surface area contributed by atoms with E-state index in [9.17, 15) is 15.4 Å². The molecule has 0 amide bonds. The third-order valence-electron chi connectivity index (χ3n) is 3.23. The van der Waals surface area contributed by atoms with Gasteiger partial charge in [-0.05, 0) is 23.8 Å². The predicted molar refractivity (Wildman–Crippen MR) is 86.1 cm³/mol. The first-order chi connectivity index (χ1) is 11.1. The van der Waals surface area contributed by atoms with Crippen LogP contribution in [0, 0.1) is 21.4 Å². The number of rotatable bonds is 5. The van der Waals surface area contributed by atoms with Crippen molar-refractivity contribution in [1.29, 1.82) is 5.26 Å². The van der Waals surface area contributed by atoms with Crippen LogP contribution in [-0.4, -0.2) is 19.1 Å². The van der Waals surface area contributed by atoms with Crippen LogP contribution in [-0.2, 0) is 0 Å². The maximum Gasteiger partial charge on any atom is 0.270 e. The van der Waals surface area contributed by atoms with E-state index in [1.807, 2.05) is 0 Å². The number of nitrogens with zero attached hydrogens (tertiary/aromatic N) is 2. The number of allylic oxidation sites excluding steroid dienone is 1. The number of nitriles is 1. The molecule has 116 valence electrons. The van der Waals surface area contributed by atoms with Gasteiger partial charge in [0.2, 0.25) is 0 Å². The molecule has 0 N–H and O–H groups in total. The first kappa shape index (κ1) is 16.0. The summed E-state index contributed by atoms with van der Waals surface area (Å²) in [5.74, 6) is 1.18. The highest BCUT2D eigenvalue weighted by molar-refractivity contribution is 5.91. The number of hydrogen-bond acceptors (Lipinski definition) is 5. The van der Waals surface area contributed by atoms with E-state index in [4.69, 9.17) is 9.47 Å². The van der Waals surface area contributed by atoms with Crippen molar-refractivity contribution < 1.29 is 14.4 Å². The lowest BCUT2D eigenvalue weighted by Gasteiger charge is -2.08. The average molecular weight is 310 g/mol. The van der Waals surface area contributed by atoms with Crippen molar-refractivity contribution in [3.63, 3.8) is 0 Å². The number of non-ortho nitro benzene ring substituents is 1. The van der Waals surface area contributed by atoms with Gasteiger partial charge in [0.25, 0.3) is 5.69 Å². The van der Waals surface area contributed by atoms with Gasteiger partial charge >= 0.3 is 0 Å². The minimum Gasteiger partial charge on any atom is -0.497 e. The second kappa shape index (κ2) is 7.09. The van der Waals surface area contributed by atoms with Gasteiger partial charge < -0.3 is 9.47 Å². The molecule has 6 heteroatoms. The summed E-state index contributed by atoms with van der Waals surface area (Å²) < 4.78 is 10.4. The molecule has 6 nitrogen and oxygen atoms in total. The number of nitro groups is 1. The molecule has 2 rings (SSSR count). The molecule has 0 saturated heterocycles. The van der Waals surface area contributed by atoms with Crippen LogP contribution in [0.25, 0.3) is 11.6 Å². The molecular weight excluding hydrogens is 296 g/mol. The van der Waals surface area contributed by atoms with E-state index in [0.29, 0.717) is 28.2 Å². The minimum absolute atomic E-state index is 0.0645. The Morgan fingerprint density at radius 2 is 2.00 bits per heavy atom. The summed E-state index contributed by atoms with van der Waals surface area (Å²) >= 11 is 0. The van der Waals surface area contributed by atoms with Crippen molar-refractivity contribution >= 4 is 17.3 Å². The Morgan fingerprint density at radius 1 is 1.22 bits per heavy atom. The van der Waals surface area contributed by atoms with Gasteiger partial charge in [0.05, 0.1) is 30.8 Å². The average Bonchev–Trinajstić information content (AvgIpc) is 2.59. The summed E-state index contributed by atoms with van der Waals surface area (Å²) in [4.78, 5) is 10.4. The van der Waals surface area contributed by atoms with Gasteiger partial charge in [-0.3, -0.25) is 10.1 Å². The zero-order valence-electron chi connectivity index (χ0n) is 12.6. The van der Waals surface area contributed by atoms with Crippen molar-refractivity contribution in [2.75, 3.05) is 14.2 Å². The van der Waals surface area contributed by atoms with E-state index in [-0.39, 0.29) is 5.69 Å². The quantitative estimate of drug-likeness (QED) is 0.364. The summed E-state index contributed by atoms with van der Waals surface area (Å²) in [6.45, 7) is 0. The van der Waals surface area contributed by atoms with Gasteiger partial charge in [-0.25, -0.2) is 0 Å². The van der Waals surface area contributed by atoms with E-state index >= 15 is 0 Å². The van der Waals surface area contributed by atoms with Crippen molar-refractivity contribution in [3.8, 4) is 17.6 Å². The maximum atomic E-state index is 10.9. The van der Waals surface area contributed by atoms with Gasteiger partial charge in [-0.2, -0.15) is 5.26 Å². The lowest BCUT2D eigenvalue weighted by molar-refractivity contribution is -0.384. The monoisotopic (exact) mass is 310 g/mol. The number of ether oxygens (including phenoxy) is 2. The van der Waals surface area contributed by atoms with Gasteiger partial charge in [0.1, 0.15) is 11.5 Å². The smallest absolute Gasteiger partial charge is 0.270 e. The molecule has 0 bridgehead atoms. The number of benzene rings is 2. The van der Waals surface area contributed by atoms with E-state index in [1.54, 1.807) is 43.5 Å². The largest absolute Gasteiger partial charge is 0.497 e. The molecule has 0 radical (unpaired) electrons. The lowest BCUT2D eigenvalue weighted by atomic mass is 10.0. The molecule has 0 aliphatic carbocycles. The van der Waals surface area contributed by atoms with E-state index in [1.165, 1.54) is 19.2 Å². The second-order valence-electron chi connectivity index (χ2n) is 4.59. The summed E-state index contributed by atoms with van der Waals surface area (Å²) in [7, 11) is 3.07. The van der Waals surface area contributed by atoms with Crippen LogP contribution in [0.15, 0.2) is 42.5 Å². The molecule has 2 aromatic rings. The van der Waals surface area contributed by atoms with Gasteiger partial charge in [-0.1, -0.05) is 12.1 Å². The van der Waals surface area contributed by atoms with E-state index in [0.717, 1.165) is 0 Å².